The molecule has 0 N–H and O–H groups in total. The van der Waals surface area contributed by atoms with Gasteiger partial charge in [-0.15, -0.1) is 0 Å². The van der Waals surface area contributed by atoms with Crippen molar-refractivity contribution in [2.24, 2.45) is 0 Å². The molecule has 1 aliphatic rings. The number of nitrogens with zero attached hydrogens (tertiary/aromatic N) is 5. The van der Waals surface area contributed by atoms with E-state index in [1.165, 1.54) is 12.4 Å². The maximum absolute atomic E-state index is 15.0. The highest BCUT2D eigenvalue weighted by Gasteiger charge is 2.18. The van der Waals surface area contributed by atoms with E-state index in [9.17, 15) is 4.39 Å². The Morgan fingerprint density at radius 3 is 2.59 bits per heavy atom. The van der Waals surface area contributed by atoms with E-state index in [0.717, 1.165) is 46.6 Å². The van der Waals surface area contributed by atoms with Gasteiger partial charge in [-0.05, 0) is 42.8 Å². The SMILES string of the molecule is Cc1nccnc1C(C)c1ccc(F)c(-c2ncnc3cc(N4CCOCC4)ccc23)c1. The van der Waals surface area contributed by atoms with Crippen molar-refractivity contribution in [2.45, 2.75) is 19.8 Å². The molecule has 0 radical (unpaired) electrons. The summed E-state index contributed by atoms with van der Waals surface area (Å²) in [6, 6.07) is 11.2. The van der Waals surface area contributed by atoms with E-state index in [1.54, 1.807) is 18.5 Å². The number of aromatic nitrogens is 4. The fraction of sp³-hybridized carbons (Fsp3) is 0.280. The van der Waals surface area contributed by atoms with E-state index in [1.807, 2.05) is 31.2 Å². The van der Waals surface area contributed by atoms with Crippen LogP contribution in [-0.2, 0) is 4.74 Å². The molecule has 1 atom stereocenters. The van der Waals surface area contributed by atoms with E-state index in [2.05, 4.69) is 31.8 Å². The summed E-state index contributed by atoms with van der Waals surface area (Å²) in [6.07, 6.45) is 4.87. The summed E-state index contributed by atoms with van der Waals surface area (Å²) in [5.41, 5.74) is 5.64. The van der Waals surface area contributed by atoms with Gasteiger partial charge in [-0.1, -0.05) is 13.0 Å². The Balaban J connectivity index is 1.56. The minimum absolute atomic E-state index is 0.0240. The Bertz CT molecular complexity index is 1270. The summed E-state index contributed by atoms with van der Waals surface area (Å²) >= 11 is 0. The molecule has 1 saturated heterocycles. The van der Waals surface area contributed by atoms with Gasteiger partial charge in [0.05, 0.1) is 35.8 Å². The second kappa shape index (κ2) is 8.59. The molecule has 0 bridgehead atoms. The van der Waals surface area contributed by atoms with Gasteiger partial charge in [-0.25, -0.2) is 14.4 Å². The van der Waals surface area contributed by atoms with Crippen molar-refractivity contribution in [3.8, 4) is 11.3 Å². The van der Waals surface area contributed by atoms with Crippen LogP contribution in [0.1, 0.15) is 29.8 Å². The van der Waals surface area contributed by atoms with Crippen LogP contribution in [-0.4, -0.2) is 46.2 Å². The fourth-order valence-corrected chi connectivity index (χ4v) is 4.27. The van der Waals surface area contributed by atoms with Crippen molar-refractivity contribution < 1.29 is 9.13 Å². The summed E-state index contributed by atoms with van der Waals surface area (Å²) in [7, 11) is 0. The number of rotatable bonds is 4. The van der Waals surface area contributed by atoms with E-state index >= 15 is 0 Å². The third kappa shape index (κ3) is 3.80. The van der Waals surface area contributed by atoms with Crippen LogP contribution >= 0.6 is 0 Å². The zero-order valence-electron chi connectivity index (χ0n) is 18.1. The number of anilines is 1. The summed E-state index contributed by atoms with van der Waals surface area (Å²) in [5.74, 6) is -0.335. The first-order valence-corrected chi connectivity index (χ1v) is 10.8. The second-order valence-electron chi connectivity index (χ2n) is 8.01. The summed E-state index contributed by atoms with van der Waals surface area (Å²) in [5, 5.41) is 0.823. The molecule has 3 heterocycles. The smallest absolute Gasteiger partial charge is 0.132 e. The number of aryl methyl sites for hydroxylation is 1. The highest BCUT2D eigenvalue weighted by Crippen LogP contribution is 2.33. The molecule has 6 nitrogen and oxygen atoms in total. The second-order valence-corrected chi connectivity index (χ2v) is 8.01. The van der Waals surface area contributed by atoms with Crippen LogP contribution in [0.5, 0.6) is 0 Å². The van der Waals surface area contributed by atoms with Gasteiger partial charge >= 0.3 is 0 Å². The minimum Gasteiger partial charge on any atom is -0.378 e. The Kier molecular flexibility index (Phi) is 5.49. The first-order chi connectivity index (χ1) is 15.6. The van der Waals surface area contributed by atoms with Crippen LogP contribution in [0.2, 0.25) is 0 Å². The molecule has 2 aromatic heterocycles. The van der Waals surface area contributed by atoms with E-state index < -0.39 is 0 Å². The lowest BCUT2D eigenvalue weighted by Gasteiger charge is -2.29. The predicted octanol–water partition coefficient (Wildman–Crippen LogP) is 4.52. The molecule has 1 fully saturated rings. The predicted molar refractivity (Wildman–Crippen MR) is 122 cm³/mol. The molecule has 7 heteroatoms. The normalized spacial score (nSPS) is 15.2. The molecule has 1 unspecified atom stereocenters. The molecule has 0 spiro atoms. The molecular weight excluding hydrogens is 405 g/mol. The van der Waals surface area contributed by atoms with Crippen LogP contribution < -0.4 is 4.90 Å². The summed E-state index contributed by atoms with van der Waals surface area (Å²) in [6.45, 7) is 7.12. The van der Waals surface area contributed by atoms with Crippen molar-refractivity contribution in [3.63, 3.8) is 0 Å². The van der Waals surface area contributed by atoms with Gasteiger partial charge in [0.1, 0.15) is 12.1 Å². The van der Waals surface area contributed by atoms with Gasteiger partial charge in [0.25, 0.3) is 0 Å². The number of hydrogen-bond donors (Lipinski definition) is 0. The topological polar surface area (TPSA) is 64.0 Å². The molecule has 0 amide bonds. The molecular formula is C25H24FN5O. The zero-order valence-corrected chi connectivity index (χ0v) is 18.1. The highest BCUT2D eigenvalue weighted by atomic mass is 19.1. The standard InChI is InChI=1S/C25H24FN5O/c1-16(24-17(2)27-7-8-28-24)18-3-6-22(26)21(13-18)25-20-5-4-19(14-23(20)29-15-30-25)31-9-11-32-12-10-31/h3-8,13-16H,9-12H2,1-2H3. The lowest BCUT2D eigenvalue weighted by molar-refractivity contribution is 0.122. The summed E-state index contributed by atoms with van der Waals surface area (Å²) < 4.78 is 20.4. The molecule has 4 aromatic rings. The quantitative estimate of drug-likeness (QED) is 0.475. The molecule has 5 rings (SSSR count). The average molecular weight is 429 g/mol. The van der Waals surface area contributed by atoms with Crippen molar-refractivity contribution in [3.05, 3.63) is 77.9 Å². The Morgan fingerprint density at radius 1 is 0.969 bits per heavy atom. The van der Waals surface area contributed by atoms with Gasteiger partial charge in [-0.2, -0.15) is 0 Å². The van der Waals surface area contributed by atoms with E-state index in [0.29, 0.717) is 24.5 Å². The molecule has 0 aliphatic carbocycles. The minimum atomic E-state index is -0.311. The van der Waals surface area contributed by atoms with Crippen molar-refractivity contribution >= 4 is 16.6 Å². The molecule has 32 heavy (non-hydrogen) atoms. The third-order valence-corrected chi connectivity index (χ3v) is 6.07. The number of benzene rings is 2. The largest absolute Gasteiger partial charge is 0.378 e. The average Bonchev–Trinajstić information content (AvgIpc) is 2.84. The van der Waals surface area contributed by atoms with Crippen molar-refractivity contribution in [1.29, 1.82) is 0 Å². The van der Waals surface area contributed by atoms with Crippen LogP contribution in [0.3, 0.4) is 0 Å². The van der Waals surface area contributed by atoms with Crippen molar-refractivity contribution in [2.75, 3.05) is 31.2 Å². The number of ether oxygens (including phenoxy) is 1. The van der Waals surface area contributed by atoms with Crippen LogP contribution in [0.15, 0.2) is 55.1 Å². The molecule has 0 saturated carbocycles. The lowest BCUT2D eigenvalue weighted by Crippen LogP contribution is -2.36. The van der Waals surface area contributed by atoms with Gasteiger partial charge < -0.3 is 9.64 Å². The first kappa shape index (κ1) is 20.5. The van der Waals surface area contributed by atoms with Crippen LogP contribution in [0, 0.1) is 12.7 Å². The van der Waals surface area contributed by atoms with E-state index in [4.69, 9.17) is 4.74 Å². The Hall–Kier alpha value is -3.45. The monoisotopic (exact) mass is 429 g/mol. The van der Waals surface area contributed by atoms with Gasteiger partial charge in [-0.3, -0.25) is 9.97 Å². The van der Waals surface area contributed by atoms with Gasteiger partial charge in [0.2, 0.25) is 0 Å². The highest BCUT2D eigenvalue weighted by molar-refractivity contribution is 5.94. The van der Waals surface area contributed by atoms with Crippen molar-refractivity contribution in [1.82, 2.24) is 19.9 Å². The Labute approximate surface area is 186 Å². The fourth-order valence-electron chi connectivity index (χ4n) is 4.27. The summed E-state index contributed by atoms with van der Waals surface area (Å²) in [4.78, 5) is 20.0. The number of halogens is 1. The van der Waals surface area contributed by atoms with Gasteiger partial charge in [0, 0.05) is 48.0 Å². The zero-order chi connectivity index (χ0) is 22.1. The molecule has 2 aromatic carbocycles. The van der Waals surface area contributed by atoms with Crippen LogP contribution in [0.4, 0.5) is 10.1 Å². The number of fused-ring (bicyclic) bond motifs is 1. The van der Waals surface area contributed by atoms with Gasteiger partial charge in [0.15, 0.2) is 0 Å². The molecule has 1 aliphatic heterocycles. The molecule has 162 valence electrons. The van der Waals surface area contributed by atoms with Crippen LogP contribution in [0.25, 0.3) is 22.2 Å². The van der Waals surface area contributed by atoms with E-state index in [-0.39, 0.29) is 11.7 Å². The first-order valence-electron chi connectivity index (χ1n) is 10.8. The maximum Gasteiger partial charge on any atom is 0.132 e. The lowest BCUT2D eigenvalue weighted by atomic mass is 9.93. The maximum atomic E-state index is 15.0. The number of hydrogen-bond acceptors (Lipinski definition) is 6. The number of morpholine rings is 1. The Morgan fingerprint density at radius 2 is 1.78 bits per heavy atom. The third-order valence-electron chi connectivity index (χ3n) is 6.07.